The number of methoxy groups -OCH3 is 1. The van der Waals surface area contributed by atoms with Crippen LogP contribution in [0.25, 0.3) is 0 Å². The predicted molar refractivity (Wildman–Crippen MR) is 72.9 cm³/mol. The van der Waals surface area contributed by atoms with E-state index in [4.69, 9.17) is 16.2 Å². The first-order valence-corrected chi connectivity index (χ1v) is 6.30. The third-order valence-electron chi connectivity index (χ3n) is 2.42. The maximum Gasteiger partial charge on any atom is 0.255 e. The van der Waals surface area contributed by atoms with E-state index in [0.717, 1.165) is 24.6 Å². The Kier molecular flexibility index (Phi) is 5.83. The van der Waals surface area contributed by atoms with Gasteiger partial charge in [-0.2, -0.15) is 4.37 Å². The molecule has 1 amide bonds. The van der Waals surface area contributed by atoms with E-state index in [9.17, 15) is 4.79 Å². The molecule has 5 N–H and O–H groups in total. The van der Waals surface area contributed by atoms with Crippen molar-refractivity contribution in [2.75, 3.05) is 51.4 Å². The van der Waals surface area contributed by atoms with Gasteiger partial charge in [0.2, 0.25) is 0 Å². The Hall–Kier alpha value is -1.38. The van der Waals surface area contributed by atoms with E-state index >= 15 is 0 Å². The molecule has 0 aliphatic carbocycles. The number of nitrogens with one attached hydrogen (secondary N) is 1. The van der Waals surface area contributed by atoms with E-state index in [1.165, 1.54) is 0 Å². The van der Waals surface area contributed by atoms with E-state index in [0.29, 0.717) is 18.2 Å². The number of nitrogens with two attached hydrogens (primary N) is 2. The minimum Gasteiger partial charge on any atom is -0.383 e. The van der Waals surface area contributed by atoms with Crippen LogP contribution in [0.3, 0.4) is 0 Å². The number of primary amides is 1. The SMILES string of the molecule is COCCN(C)CCNc1snc(N)c1C(N)=O. The van der Waals surface area contributed by atoms with Gasteiger partial charge in [-0.15, -0.1) is 0 Å². The minimum atomic E-state index is -0.559. The molecule has 0 unspecified atom stereocenters. The standard InChI is InChI=1S/C10H19N5O2S/c1-15(5-6-17-2)4-3-13-10-7(9(12)16)8(11)14-18-10/h13H,3-6H2,1-2H3,(H2,11,14)(H2,12,16). The number of amides is 1. The van der Waals surface area contributed by atoms with E-state index in [1.54, 1.807) is 7.11 Å². The Morgan fingerprint density at radius 2 is 2.28 bits per heavy atom. The van der Waals surface area contributed by atoms with Gasteiger partial charge in [0.05, 0.1) is 6.61 Å². The molecule has 0 spiro atoms. The minimum absolute atomic E-state index is 0.183. The van der Waals surface area contributed by atoms with Crippen molar-refractivity contribution < 1.29 is 9.53 Å². The van der Waals surface area contributed by atoms with Crippen LogP contribution in [0, 0.1) is 0 Å². The number of anilines is 2. The zero-order valence-corrected chi connectivity index (χ0v) is 11.4. The second-order valence-electron chi connectivity index (χ2n) is 3.86. The van der Waals surface area contributed by atoms with E-state index in [2.05, 4.69) is 14.6 Å². The van der Waals surface area contributed by atoms with Gasteiger partial charge in [-0.05, 0) is 18.6 Å². The average molecular weight is 273 g/mol. The Bertz CT molecular complexity index is 396. The molecule has 0 atom stereocenters. The van der Waals surface area contributed by atoms with Crippen LogP contribution in [0.15, 0.2) is 0 Å². The Labute approximate surface area is 110 Å². The molecule has 0 aliphatic rings. The van der Waals surface area contributed by atoms with Gasteiger partial charge in [0.1, 0.15) is 10.6 Å². The number of nitrogen functional groups attached to an aromatic ring is 1. The molecule has 18 heavy (non-hydrogen) atoms. The highest BCUT2D eigenvalue weighted by Crippen LogP contribution is 2.25. The number of hydrogen-bond donors (Lipinski definition) is 3. The van der Waals surface area contributed by atoms with Crippen molar-refractivity contribution in [2.45, 2.75) is 0 Å². The number of ether oxygens (including phenoxy) is 1. The van der Waals surface area contributed by atoms with Gasteiger partial charge in [0.15, 0.2) is 5.82 Å². The van der Waals surface area contributed by atoms with Gasteiger partial charge in [-0.25, -0.2) is 0 Å². The highest BCUT2D eigenvalue weighted by molar-refractivity contribution is 7.11. The normalized spacial score (nSPS) is 10.8. The van der Waals surface area contributed by atoms with E-state index < -0.39 is 5.91 Å². The zero-order chi connectivity index (χ0) is 13.5. The number of nitrogens with zero attached hydrogens (tertiary/aromatic N) is 2. The van der Waals surface area contributed by atoms with Gasteiger partial charge in [0.25, 0.3) is 5.91 Å². The molecule has 0 saturated carbocycles. The Morgan fingerprint density at radius 3 is 2.89 bits per heavy atom. The lowest BCUT2D eigenvalue weighted by atomic mass is 10.3. The van der Waals surface area contributed by atoms with Crippen molar-refractivity contribution in [1.82, 2.24) is 9.27 Å². The molecule has 0 aliphatic heterocycles. The molecule has 1 rings (SSSR count). The van der Waals surface area contributed by atoms with Crippen LogP contribution in [-0.4, -0.2) is 55.6 Å². The Balaban J connectivity index is 2.42. The smallest absolute Gasteiger partial charge is 0.255 e. The molecule has 1 heterocycles. The van der Waals surface area contributed by atoms with Gasteiger partial charge in [-0.1, -0.05) is 0 Å². The number of rotatable bonds is 8. The monoisotopic (exact) mass is 273 g/mol. The molecule has 0 fully saturated rings. The average Bonchev–Trinajstić information content (AvgIpc) is 2.68. The summed E-state index contributed by atoms with van der Waals surface area (Å²) in [4.78, 5) is 13.3. The van der Waals surface area contributed by atoms with Crippen LogP contribution >= 0.6 is 11.5 Å². The molecule has 7 nitrogen and oxygen atoms in total. The lowest BCUT2D eigenvalue weighted by Gasteiger charge is -2.16. The number of likely N-dealkylation sites (N-methyl/N-ethyl adjacent to an activating group) is 1. The first-order chi connectivity index (χ1) is 8.56. The highest BCUT2D eigenvalue weighted by Gasteiger charge is 2.16. The van der Waals surface area contributed by atoms with Crippen molar-refractivity contribution >= 4 is 28.3 Å². The predicted octanol–water partition coefficient (Wildman–Crippen LogP) is -0.186. The number of aromatic nitrogens is 1. The van der Waals surface area contributed by atoms with Crippen LogP contribution in [0.1, 0.15) is 10.4 Å². The van der Waals surface area contributed by atoms with Crippen molar-refractivity contribution in [3.05, 3.63) is 5.56 Å². The fraction of sp³-hybridized carbons (Fsp3) is 0.600. The second-order valence-corrected chi connectivity index (χ2v) is 4.63. The fourth-order valence-electron chi connectivity index (χ4n) is 1.38. The summed E-state index contributed by atoms with van der Waals surface area (Å²) in [5.41, 5.74) is 11.1. The molecule has 0 aromatic carbocycles. The number of hydrogen-bond acceptors (Lipinski definition) is 7. The molecule has 102 valence electrons. The Morgan fingerprint density at radius 1 is 1.56 bits per heavy atom. The van der Waals surface area contributed by atoms with Crippen molar-refractivity contribution in [3.8, 4) is 0 Å². The van der Waals surface area contributed by atoms with Crippen LogP contribution in [-0.2, 0) is 4.74 Å². The molecular weight excluding hydrogens is 254 g/mol. The lowest BCUT2D eigenvalue weighted by Crippen LogP contribution is -2.28. The maximum atomic E-state index is 11.2. The van der Waals surface area contributed by atoms with Gasteiger partial charge < -0.3 is 26.4 Å². The first kappa shape index (κ1) is 14.7. The topological polar surface area (TPSA) is 106 Å². The van der Waals surface area contributed by atoms with Crippen LogP contribution in [0.2, 0.25) is 0 Å². The van der Waals surface area contributed by atoms with E-state index in [1.807, 2.05) is 7.05 Å². The van der Waals surface area contributed by atoms with Gasteiger partial charge in [0, 0.05) is 26.7 Å². The van der Waals surface area contributed by atoms with Crippen LogP contribution in [0.4, 0.5) is 10.8 Å². The highest BCUT2D eigenvalue weighted by atomic mass is 32.1. The van der Waals surface area contributed by atoms with Gasteiger partial charge >= 0.3 is 0 Å². The summed E-state index contributed by atoms with van der Waals surface area (Å²) in [5.74, 6) is -0.376. The molecule has 0 bridgehead atoms. The fourth-order valence-corrected chi connectivity index (χ4v) is 2.12. The summed E-state index contributed by atoms with van der Waals surface area (Å²) in [7, 11) is 3.67. The summed E-state index contributed by atoms with van der Waals surface area (Å²) in [5, 5.41) is 3.74. The second kappa shape index (κ2) is 7.14. The summed E-state index contributed by atoms with van der Waals surface area (Å²) in [6.45, 7) is 3.05. The third kappa shape index (κ3) is 4.13. The largest absolute Gasteiger partial charge is 0.383 e. The quantitative estimate of drug-likeness (QED) is 0.606. The summed E-state index contributed by atoms with van der Waals surface area (Å²) in [6, 6.07) is 0. The van der Waals surface area contributed by atoms with Crippen molar-refractivity contribution in [3.63, 3.8) is 0 Å². The number of carbonyl (C=O) groups excluding carboxylic acids is 1. The number of carbonyl (C=O) groups is 1. The van der Waals surface area contributed by atoms with Gasteiger partial charge in [-0.3, -0.25) is 4.79 Å². The summed E-state index contributed by atoms with van der Waals surface area (Å²) >= 11 is 1.14. The maximum absolute atomic E-state index is 11.2. The molecule has 1 aromatic rings. The first-order valence-electron chi connectivity index (χ1n) is 5.52. The molecular formula is C10H19N5O2S. The van der Waals surface area contributed by atoms with Crippen LogP contribution in [0.5, 0.6) is 0 Å². The van der Waals surface area contributed by atoms with E-state index in [-0.39, 0.29) is 11.4 Å². The zero-order valence-electron chi connectivity index (χ0n) is 10.6. The lowest BCUT2D eigenvalue weighted by molar-refractivity contribution is 0.100. The molecule has 8 heteroatoms. The third-order valence-corrected chi connectivity index (χ3v) is 3.24. The van der Waals surface area contributed by atoms with Crippen LogP contribution < -0.4 is 16.8 Å². The summed E-state index contributed by atoms with van der Waals surface area (Å²) in [6.07, 6.45) is 0. The molecule has 0 radical (unpaired) electrons. The van der Waals surface area contributed by atoms with Crippen molar-refractivity contribution in [1.29, 1.82) is 0 Å². The molecule has 0 saturated heterocycles. The summed E-state index contributed by atoms with van der Waals surface area (Å²) < 4.78 is 8.89. The van der Waals surface area contributed by atoms with Crippen molar-refractivity contribution in [2.24, 2.45) is 5.73 Å². The molecule has 1 aromatic heterocycles.